The summed E-state index contributed by atoms with van der Waals surface area (Å²) in [6.45, 7) is 4.27. The smallest absolute Gasteiger partial charge is 0.234 e. The van der Waals surface area contributed by atoms with Crippen molar-refractivity contribution >= 4 is 17.7 Å². The average molecular weight is 409 g/mol. The number of benzene rings is 2. The normalized spacial score (nSPS) is 21.1. The topological polar surface area (TPSA) is 23.6 Å². The maximum absolute atomic E-state index is 14.0. The Hall–Kier alpha value is -1.78. The molecule has 2 heterocycles. The quantitative estimate of drug-likeness (QED) is 0.720. The molecule has 0 radical (unpaired) electrons. The molecule has 2 aliphatic heterocycles. The zero-order valence-electron chi connectivity index (χ0n) is 17.2. The lowest BCUT2D eigenvalue weighted by molar-refractivity contribution is -0.134. The number of amides is 1. The lowest BCUT2D eigenvalue weighted by Crippen LogP contribution is -2.50. The van der Waals surface area contributed by atoms with Gasteiger partial charge >= 0.3 is 0 Å². The number of thioether (sulfide) groups is 1. The zero-order chi connectivity index (χ0) is 19.9. The standard InChI is InChI=1S/C25H32N2OS/c28-25(24(21-11-4-1-5-12-21)22-13-6-2-7-14-22)27-17-10-18-29-20-23(27)19-26-15-8-3-9-16-26/h1-2,4-7,11-14,23-24H,3,8-10,15-20H2. The second-order valence-electron chi connectivity index (χ2n) is 8.23. The number of likely N-dealkylation sites (tertiary alicyclic amines) is 1. The Kier molecular flexibility index (Phi) is 7.28. The van der Waals surface area contributed by atoms with Crippen molar-refractivity contribution in [2.75, 3.05) is 37.7 Å². The van der Waals surface area contributed by atoms with Crippen molar-refractivity contribution in [3.05, 3.63) is 71.8 Å². The molecule has 1 unspecified atom stereocenters. The van der Waals surface area contributed by atoms with Crippen LogP contribution < -0.4 is 0 Å². The molecular weight excluding hydrogens is 376 g/mol. The molecular formula is C25H32N2OS. The first-order valence-electron chi connectivity index (χ1n) is 11.0. The van der Waals surface area contributed by atoms with Gasteiger partial charge in [-0.1, -0.05) is 67.1 Å². The maximum Gasteiger partial charge on any atom is 0.234 e. The fraction of sp³-hybridized carbons (Fsp3) is 0.480. The van der Waals surface area contributed by atoms with Gasteiger partial charge in [0.1, 0.15) is 0 Å². The number of hydrogen-bond acceptors (Lipinski definition) is 3. The highest BCUT2D eigenvalue weighted by atomic mass is 32.2. The summed E-state index contributed by atoms with van der Waals surface area (Å²) < 4.78 is 0. The van der Waals surface area contributed by atoms with Crippen LogP contribution in [0.15, 0.2) is 60.7 Å². The van der Waals surface area contributed by atoms with Gasteiger partial charge in [0.05, 0.1) is 12.0 Å². The molecule has 29 heavy (non-hydrogen) atoms. The van der Waals surface area contributed by atoms with Crippen LogP contribution in [0.1, 0.15) is 42.7 Å². The highest BCUT2D eigenvalue weighted by Gasteiger charge is 2.33. The van der Waals surface area contributed by atoms with Gasteiger partial charge in [-0.3, -0.25) is 4.79 Å². The first-order chi connectivity index (χ1) is 14.3. The van der Waals surface area contributed by atoms with E-state index in [-0.39, 0.29) is 11.8 Å². The molecule has 0 bridgehead atoms. The summed E-state index contributed by atoms with van der Waals surface area (Å²) in [6, 6.07) is 20.9. The Labute approximate surface area is 179 Å². The minimum absolute atomic E-state index is 0.218. The number of nitrogens with zero attached hydrogens (tertiary/aromatic N) is 2. The van der Waals surface area contributed by atoms with E-state index in [4.69, 9.17) is 0 Å². The third kappa shape index (κ3) is 5.23. The van der Waals surface area contributed by atoms with Crippen LogP contribution in [0.4, 0.5) is 0 Å². The molecule has 0 aromatic heterocycles. The van der Waals surface area contributed by atoms with Crippen LogP contribution in [-0.4, -0.2) is 59.4 Å². The van der Waals surface area contributed by atoms with Gasteiger partial charge < -0.3 is 9.80 Å². The first-order valence-corrected chi connectivity index (χ1v) is 12.2. The number of hydrogen-bond donors (Lipinski definition) is 0. The molecule has 0 aliphatic carbocycles. The minimum atomic E-state index is -0.218. The van der Waals surface area contributed by atoms with E-state index in [2.05, 4.69) is 34.1 Å². The van der Waals surface area contributed by atoms with Crippen molar-refractivity contribution in [3.63, 3.8) is 0 Å². The van der Waals surface area contributed by atoms with E-state index in [1.54, 1.807) is 0 Å². The van der Waals surface area contributed by atoms with E-state index in [0.717, 1.165) is 42.1 Å². The van der Waals surface area contributed by atoms with E-state index in [0.29, 0.717) is 6.04 Å². The molecule has 3 nitrogen and oxygen atoms in total. The highest BCUT2D eigenvalue weighted by Crippen LogP contribution is 2.30. The van der Waals surface area contributed by atoms with Crippen LogP contribution in [0.25, 0.3) is 0 Å². The predicted molar refractivity (Wildman–Crippen MR) is 122 cm³/mol. The molecule has 2 aromatic carbocycles. The van der Waals surface area contributed by atoms with Gasteiger partial charge in [-0.15, -0.1) is 0 Å². The average Bonchev–Trinajstić information content (AvgIpc) is 3.01. The second-order valence-corrected chi connectivity index (χ2v) is 9.38. The van der Waals surface area contributed by atoms with Gasteiger partial charge in [0.15, 0.2) is 0 Å². The molecule has 1 atom stereocenters. The van der Waals surface area contributed by atoms with Crippen molar-refractivity contribution in [3.8, 4) is 0 Å². The van der Waals surface area contributed by atoms with E-state index >= 15 is 0 Å². The number of rotatable bonds is 5. The van der Waals surface area contributed by atoms with Crippen LogP contribution in [0, 0.1) is 0 Å². The summed E-state index contributed by atoms with van der Waals surface area (Å²) >= 11 is 2.02. The van der Waals surface area contributed by atoms with Gasteiger partial charge in [-0.25, -0.2) is 0 Å². The van der Waals surface area contributed by atoms with Crippen LogP contribution >= 0.6 is 11.8 Å². The molecule has 2 fully saturated rings. The van der Waals surface area contributed by atoms with Gasteiger partial charge in [-0.05, 0) is 49.2 Å². The molecule has 2 aliphatic rings. The SMILES string of the molecule is O=C(C(c1ccccc1)c1ccccc1)N1CCCSCC1CN1CCCCC1. The second kappa shape index (κ2) is 10.3. The Balaban J connectivity index is 1.61. The van der Waals surface area contributed by atoms with Crippen molar-refractivity contribution in [2.45, 2.75) is 37.6 Å². The van der Waals surface area contributed by atoms with Crippen molar-refractivity contribution in [1.82, 2.24) is 9.80 Å². The number of carbonyl (C=O) groups is 1. The third-order valence-corrected chi connectivity index (χ3v) is 7.35. The third-order valence-electron chi connectivity index (χ3n) is 6.15. The van der Waals surface area contributed by atoms with Crippen molar-refractivity contribution in [2.24, 2.45) is 0 Å². The molecule has 0 saturated carbocycles. The van der Waals surface area contributed by atoms with E-state index < -0.39 is 0 Å². The zero-order valence-corrected chi connectivity index (χ0v) is 18.0. The Morgan fingerprint density at radius 2 is 1.48 bits per heavy atom. The molecule has 0 N–H and O–H groups in total. The summed E-state index contributed by atoms with van der Waals surface area (Å²) in [4.78, 5) is 18.8. The van der Waals surface area contributed by atoms with E-state index in [9.17, 15) is 4.79 Å². The lowest BCUT2D eigenvalue weighted by Gasteiger charge is -2.37. The molecule has 154 valence electrons. The summed E-state index contributed by atoms with van der Waals surface area (Å²) in [7, 11) is 0. The highest BCUT2D eigenvalue weighted by molar-refractivity contribution is 7.99. The van der Waals surface area contributed by atoms with Gasteiger partial charge in [0.2, 0.25) is 5.91 Å². The number of carbonyl (C=O) groups excluding carboxylic acids is 1. The lowest BCUT2D eigenvalue weighted by atomic mass is 9.89. The van der Waals surface area contributed by atoms with Crippen LogP contribution in [0.5, 0.6) is 0 Å². The summed E-state index contributed by atoms with van der Waals surface area (Å²) in [5.74, 6) is 2.26. The maximum atomic E-state index is 14.0. The minimum Gasteiger partial charge on any atom is -0.337 e. The fourth-order valence-electron chi connectivity index (χ4n) is 4.64. The van der Waals surface area contributed by atoms with Gasteiger partial charge in [-0.2, -0.15) is 11.8 Å². The van der Waals surface area contributed by atoms with Crippen molar-refractivity contribution < 1.29 is 4.79 Å². The summed E-state index contributed by atoms with van der Waals surface area (Å²) in [5, 5.41) is 0. The molecule has 4 heteroatoms. The molecule has 2 aromatic rings. The monoisotopic (exact) mass is 408 g/mol. The Bertz CT molecular complexity index is 721. The Morgan fingerprint density at radius 3 is 2.10 bits per heavy atom. The molecule has 0 spiro atoms. The van der Waals surface area contributed by atoms with Crippen LogP contribution in [0.3, 0.4) is 0 Å². The summed E-state index contributed by atoms with van der Waals surface area (Å²) in [5.41, 5.74) is 2.19. The first kappa shape index (κ1) is 20.5. The predicted octanol–water partition coefficient (Wildman–Crippen LogP) is 4.64. The Morgan fingerprint density at radius 1 is 0.862 bits per heavy atom. The molecule has 4 rings (SSSR count). The number of piperidine rings is 1. The van der Waals surface area contributed by atoms with E-state index in [1.165, 1.54) is 32.4 Å². The van der Waals surface area contributed by atoms with Crippen molar-refractivity contribution in [1.29, 1.82) is 0 Å². The molecule has 1 amide bonds. The molecule has 2 saturated heterocycles. The fourth-order valence-corrected chi connectivity index (χ4v) is 5.70. The summed E-state index contributed by atoms with van der Waals surface area (Å²) in [6.07, 6.45) is 5.03. The van der Waals surface area contributed by atoms with Crippen LogP contribution in [0.2, 0.25) is 0 Å². The van der Waals surface area contributed by atoms with Gasteiger partial charge in [0, 0.05) is 18.8 Å². The van der Waals surface area contributed by atoms with Crippen LogP contribution in [-0.2, 0) is 4.79 Å². The van der Waals surface area contributed by atoms with Gasteiger partial charge in [0.25, 0.3) is 0 Å². The largest absolute Gasteiger partial charge is 0.337 e. The van der Waals surface area contributed by atoms with E-state index in [1.807, 2.05) is 48.2 Å².